The van der Waals surface area contributed by atoms with Crippen molar-refractivity contribution in [1.29, 1.82) is 0 Å². The van der Waals surface area contributed by atoms with Crippen LogP contribution in [0.1, 0.15) is 12.8 Å². The molecule has 1 fully saturated rings. The van der Waals surface area contributed by atoms with Crippen molar-refractivity contribution in [2.45, 2.75) is 23.2 Å². The zero-order valence-corrected chi connectivity index (χ0v) is 8.64. The third-order valence-corrected chi connectivity index (χ3v) is 3.34. The van der Waals surface area contributed by atoms with Crippen molar-refractivity contribution in [3.8, 4) is 0 Å². The van der Waals surface area contributed by atoms with Gasteiger partial charge in [-0.2, -0.15) is 0 Å². The van der Waals surface area contributed by atoms with Gasteiger partial charge in [-0.3, -0.25) is 4.79 Å². The first kappa shape index (κ1) is 9.73. The molecule has 76 valence electrons. The first-order valence-corrected chi connectivity index (χ1v) is 5.65. The maximum absolute atomic E-state index is 11.0. The summed E-state index contributed by atoms with van der Waals surface area (Å²) >= 11 is 1.65. The van der Waals surface area contributed by atoms with Crippen LogP contribution in [0.4, 0.5) is 0 Å². The van der Waals surface area contributed by atoms with Crippen LogP contribution in [0.2, 0.25) is 0 Å². The van der Waals surface area contributed by atoms with Crippen LogP contribution in [0.25, 0.3) is 0 Å². The van der Waals surface area contributed by atoms with E-state index in [0.717, 1.165) is 18.2 Å². The molecule has 1 saturated heterocycles. The molecule has 1 aliphatic rings. The predicted molar refractivity (Wildman–Crippen MR) is 56.6 cm³/mol. The molecular weight excluding hydrogens is 198 g/mol. The van der Waals surface area contributed by atoms with Crippen molar-refractivity contribution in [2.24, 2.45) is 0 Å². The van der Waals surface area contributed by atoms with E-state index >= 15 is 0 Å². The second-order valence-corrected chi connectivity index (χ2v) is 4.61. The molecule has 1 unspecified atom stereocenters. The lowest BCUT2D eigenvalue weighted by Crippen LogP contribution is -2.31. The van der Waals surface area contributed by atoms with Crippen molar-refractivity contribution in [2.75, 3.05) is 13.1 Å². The fourth-order valence-corrected chi connectivity index (χ4v) is 2.57. The molecule has 0 aromatic carbocycles. The lowest BCUT2D eigenvalue weighted by molar-refractivity contribution is 0.530. The number of hydrogen-bond acceptors (Lipinski definition) is 4. The lowest BCUT2D eigenvalue weighted by Gasteiger charge is -2.21. The van der Waals surface area contributed by atoms with Crippen LogP contribution in [0, 0.1) is 0 Å². The molecule has 1 aromatic rings. The molecule has 0 aliphatic carbocycles. The van der Waals surface area contributed by atoms with Crippen molar-refractivity contribution in [3.63, 3.8) is 0 Å². The van der Waals surface area contributed by atoms with Crippen LogP contribution in [0.5, 0.6) is 0 Å². The van der Waals surface area contributed by atoms with E-state index < -0.39 is 0 Å². The third kappa shape index (κ3) is 2.59. The Kier molecular flexibility index (Phi) is 3.21. The average molecular weight is 211 g/mol. The van der Waals surface area contributed by atoms with E-state index in [1.54, 1.807) is 18.0 Å². The van der Waals surface area contributed by atoms with E-state index in [2.05, 4.69) is 15.3 Å². The number of piperidine rings is 1. The molecule has 0 spiro atoms. The van der Waals surface area contributed by atoms with Gasteiger partial charge in [0, 0.05) is 24.1 Å². The summed E-state index contributed by atoms with van der Waals surface area (Å²) in [5.41, 5.74) is -0.0775. The molecule has 14 heavy (non-hydrogen) atoms. The molecule has 5 heteroatoms. The summed E-state index contributed by atoms with van der Waals surface area (Å²) in [6.07, 6.45) is 3.95. The third-order valence-electron chi connectivity index (χ3n) is 2.18. The molecule has 2 heterocycles. The van der Waals surface area contributed by atoms with Gasteiger partial charge in [-0.05, 0) is 19.4 Å². The standard InChI is InChI=1S/C9H13N3OS/c13-8-3-5-11-9(12-8)14-7-2-1-4-10-6-7/h3,5,7,10H,1-2,4,6H2,(H,11,12,13). The minimum atomic E-state index is -0.0775. The minimum absolute atomic E-state index is 0.0775. The molecule has 0 bridgehead atoms. The van der Waals surface area contributed by atoms with E-state index in [0.29, 0.717) is 5.25 Å². The van der Waals surface area contributed by atoms with Crippen LogP contribution >= 0.6 is 11.8 Å². The largest absolute Gasteiger partial charge is 0.316 e. The summed E-state index contributed by atoms with van der Waals surface area (Å²) in [7, 11) is 0. The summed E-state index contributed by atoms with van der Waals surface area (Å²) in [6.45, 7) is 2.11. The van der Waals surface area contributed by atoms with E-state index in [9.17, 15) is 4.79 Å². The number of aromatic amines is 1. The van der Waals surface area contributed by atoms with Gasteiger partial charge >= 0.3 is 0 Å². The number of rotatable bonds is 2. The Morgan fingerprint density at radius 3 is 3.21 bits per heavy atom. The summed E-state index contributed by atoms with van der Waals surface area (Å²) in [5, 5.41) is 4.59. The topological polar surface area (TPSA) is 57.8 Å². The Bertz CT molecular complexity index is 346. The fraction of sp³-hybridized carbons (Fsp3) is 0.556. The van der Waals surface area contributed by atoms with Crippen LogP contribution in [-0.4, -0.2) is 28.3 Å². The molecule has 0 radical (unpaired) electrons. The zero-order valence-electron chi connectivity index (χ0n) is 7.82. The summed E-state index contributed by atoms with van der Waals surface area (Å²) < 4.78 is 0. The molecule has 1 aromatic heterocycles. The second kappa shape index (κ2) is 4.61. The first-order valence-electron chi connectivity index (χ1n) is 4.77. The Morgan fingerprint density at radius 1 is 1.57 bits per heavy atom. The van der Waals surface area contributed by atoms with Gasteiger partial charge < -0.3 is 10.3 Å². The monoisotopic (exact) mass is 211 g/mol. The number of aromatic nitrogens is 2. The number of nitrogens with one attached hydrogen (secondary N) is 2. The maximum Gasteiger partial charge on any atom is 0.251 e. The first-order chi connectivity index (χ1) is 6.84. The highest BCUT2D eigenvalue weighted by molar-refractivity contribution is 7.99. The van der Waals surface area contributed by atoms with Gasteiger partial charge in [-0.25, -0.2) is 4.98 Å². The smallest absolute Gasteiger partial charge is 0.251 e. The Labute approximate surface area is 86.5 Å². The highest BCUT2D eigenvalue weighted by Gasteiger charge is 2.14. The van der Waals surface area contributed by atoms with Gasteiger partial charge in [0.05, 0.1) is 0 Å². The van der Waals surface area contributed by atoms with Gasteiger partial charge in [0.1, 0.15) is 0 Å². The van der Waals surface area contributed by atoms with Crippen LogP contribution in [0.3, 0.4) is 0 Å². The van der Waals surface area contributed by atoms with Gasteiger partial charge in [0.15, 0.2) is 5.16 Å². The Morgan fingerprint density at radius 2 is 2.50 bits per heavy atom. The second-order valence-electron chi connectivity index (χ2n) is 3.33. The maximum atomic E-state index is 11.0. The number of hydrogen-bond donors (Lipinski definition) is 2. The summed E-state index contributed by atoms with van der Waals surface area (Å²) in [6, 6.07) is 1.43. The number of thioether (sulfide) groups is 1. The predicted octanol–water partition coefficient (Wildman–Crippen LogP) is 0.614. The SMILES string of the molecule is O=c1ccnc(SC2CCCNC2)[nH]1. The van der Waals surface area contributed by atoms with Crippen molar-refractivity contribution in [3.05, 3.63) is 22.6 Å². The Hall–Kier alpha value is -0.810. The van der Waals surface area contributed by atoms with Gasteiger partial charge in [0.2, 0.25) is 0 Å². The number of H-pyrrole nitrogens is 1. The van der Waals surface area contributed by atoms with Gasteiger partial charge in [-0.1, -0.05) is 11.8 Å². The fourth-order valence-electron chi connectivity index (χ4n) is 1.49. The van der Waals surface area contributed by atoms with E-state index in [-0.39, 0.29) is 5.56 Å². The highest BCUT2D eigenvalue weighted by atomic mass is 32.2. The van der Waals surface area contributed by atoms with Crippen molar-refractivity contribution in [1.82, 2.24) is 15.3 Å². The molecule has 2 rings (SSSR count). The molecule has 1 aliphatic heterocycles. The zero-order chi connectivity index (χ0) is 9.80. The molecule has 0 saturated carbocycles. The molecule has 2 N–H and O–H groups in total. The van der Waals surface area contributed by atoms with E-state index in [1.807, 2.05) is 0 Å². The van der Waals surface area contributed by atoms with Crippen LogP contribution < -0.4 is 10.9 Å². The average Bonchev–Trinajstić information content (AvgIpc) is 2.19. The normalized spacial score (nSPS) is 22.1. The van der Waals surface area contributed by atoms with E-state index in [4.69, 9.17) is 0 Å². The van der Waals surface area contributed by atoms with E-state index in [1.165, 1.54) is 18.9 Å². The number of nitrogens with zero attached hydrogens (tertiary/aromatic N) is 1. The highest BCUT2D eigenvalue weighted by Crippen LogP contribution is 2.23. The lowest BCUT2D eigenvalue weighted by atomic mass is 10.2. The van der Waals surface area contributed by atoms with Crippen LogP contribution in [0.15, 0.2) is 22.2 Å². The summed E-state index contributed by atoms with van der Waals surface area (Å²) in [5.74, 6) is 0. The van der Waals surface area contributed by atoms with Gasteiger partial charge in [0.25, 0.3) is 5.56 Å². The van der Waals surface area contributed by atoms with Crippen LogP contribution in [-0.2, 0) is 0 Å². The van der Waals surface area contributed by atoms with Crippen molar-refractivity contribution >= 4 is 11.8 Å². The molecule has 4 nitrogen and oxygen atoms in total. The molecular formula is C9H13N3OS. The summed E-state index contributed by atoms with van der Waals surface area (Å²) in [4.78, 5) is 17.8. The van der Waals surface area contributed by atoms with Crippen molar-refractivity contribution < 1.29 is 0 Å². The quantitative estimate of drug-likeness (QED) is 0.704. The molecule has 0 amide bonds. The Balaban J connectivity index is 1.99. The molecule has 1 atom stereocenters. The van der Waals surface area contributed by atoms with Gasteiger partial charge in [-0.15, -0.1) is 0 Å². The minimum Gasteiger partial charge on any atom is -0.316 e.